The van der Waals surface area contributed by atoms with E-state index in [2.05, 4.69) is 48.1 Å². The van der Waals surface area contributed by atoms with E-state index >= 15 is 0 Å². The third-order valence-corrected chi connectivity index (χ3v) is 6.35. The second kappa shape index (κ2) is 7.95. The van der Waals surface area contributed by atoms with E-state index in [1.807, 2.05) is 21.7 Å². The second-order valence-electron chi connectivity index (χ2n) is 8.00. The molecule has 0 N–H and O–H groups in total. The number of likely N-dealkylation sites (N-methyl/N-ethyl adjacent to an activating group) is 1. The molecule has 2 aromatic rings. The summed E-state index contributed by atoms with van der Waals surface area (Å²) in [6.45, 7) is 4.76. The summed E-state index contributed by atoms with van der Waals surface area (Å²) in [7, 11) is 2.15. The largest absolute Gasteiger partial charge is 0.373 e. The van der Waals surface area contributed by atoms with Crippen LogP contribution in [0.3, 0.4) is 0 Å². The van der Waals surface area contributed by atoms with Gasteiger partial charge in [0.2, 0.25) is 5.91 Å². The van der Waals surface area contributed by atoms with Crippen molar-refractivity contribution in [1.29, 1.82) is 0 Å². The number of hydrogen-bond donors (Lipinski definition) is 0. The maximum atomic E-state index is 12.7. The second-order valence-corrected chi connectivity index (χ2v) is 8.00. The zero-order valence-electron chi connectivity index (χ0n) is 16.9. The first-order valence-corrected chi connectivity index (χ1v) is 10.3. The summed E-state index contributed by atoms with van der Waals surface area (Å²) in [5.74, 6) is 1.14. The normalized spacial score (nSPS) is 21.2. The van der Waals surface area contributed by atoms with Crippen molar-refractivity contribution in [3.8, 4) is 0 Å². The van der Waals surface area contributed by atoms with Crippen LogP contribution in [0.5, 0.6) is 0 Å². The molecule has 0 unspecified atom stereocenters. The fourth-order valence-electron chi connectivity index (χ4n) is 4.50. The van der Waals surface area contributed by atoms with Gasteiger partial charge in [0.1, 0.15) is 12.4 Å². The van der Waals surface area contributed by atoms with Crippen LogP contribution in [0, 0.1) is 0 Å². The van der Waals surface area contributed by atoms with Crippen molar-refractivity contribution in [2.24, 2.45) is 0 Å². The highest BCUT2D eigenvalue weighted by Gasteiger charge is 2.44. The van der Waals surface area contributed by atoms with E-state index in [-0.39, 0.29) is 11.5 Å². The Balaban J connectivity index is 1.32. The third-order valence-electron chi connectivity index (χ3n) is 6.35. The summed E-state index contributed by atoms with van der Waals surface area (Å²) in [4.78, 5) is 21.4. The van der Waals surface area contributed by atoms with Crippen molar-refractivity contribution < 1.29 is 9.53 Å². The van der Waals surface area contributed by atoms with Gasteiger partial charge in [0.25, 0.3) is 0 Å². The molecule has 0 bridgehead atoms. The summed E-state index contributed by atoms with van der Waals surface area (Å²) < 4.78 is 8.27. The summed E-state index contributed by atoms with van der Waals surface area (Å²) in [6, 6.07) is 10.9. The Hall–Kier alpha value is -2.34. The van der Waals surface area contributed by atoms with Crippen LogP contribution in [0.1, 0.15) is 32.0 Å². The van der Waals surface area contributed by atoms with Gasteiger partial charge in [-0.3, -0.25) is 4.79 Å². The number of piperidine rings is 1. The quantitative estimate of drug-likeness (QED) is 0.798. The topological polar surface area (TPSA) is 50.6 Å². The number of imidazole rings is 1. The minimum atomic E-state index is -0.0753. The van der Waals surface area contributed by atoms with E-state index in [4.69, 9.17) is 4.74 Å². The van der Waals surface area contributed by atoms with Gasteiger partial charge in [0, 0.05) is 44.6 Å². The smallest absolute Gasteiger partial charge is 0.242 e. The number of hydrogen-bond acceptors (Lipinski definition) is 4. The molecule has 0 radical (unpaired) electrons. The van der Waals surface area contributed by atoms with Gasteiger partial charge >= 0.3 is 0 Å². The highest BCUT2D eigenvalue weighted by Crippen LogP contribution is 2.38. The van der Waals surface area contributed by atoms with Crippen molar-refractivity contribution in [1.82, 2.24) is 14.5 Å². The van der Waals surface area contributed by atoms with Crippen LogP contribution in [0.2, 0.25) is 0 Å². The van der Waals surface area contributed by atoms with Crippen LogP contribution in [-0.2, 0) is 22.5 Å². The van der Waals surface area contributed by atoms with Gasteiger partial charge in [0.15, 0.2) is 0 Å². The molecule has 2 fully saturated rings. The molecule has 1 aromatic heterocycles. The number of aromatic nitrogens is 2. The molecule has 6 nitrogen and oxygen atoms in total. The Kier molecular flexibility index (Phi) is 5.40. The number of nitrogens with zero attached hydrogens (tertiary/aromatic N) is 4. The average molecular weight is 383 g/mol. The molecular formula is C22H30N4O2. The van der Waals surface area contributed by atoms with Crippen molar-refractivity contribution in [3.63, 3.8) is 0 Å². The van der Waals surface area contributed by atoms with Crippen LogP contribution in [0.4, 0.5) is 5.69 Å². The molecule has 0 saturated carbocycles. The Labute approximate surface area is 167 Å². The Morgan fingerprint density at radius 2 is 2.04 bits per heavy atom. The number of benzene rings is 1. The molecule has 28 heavy (non-hydrogen) atoms. The van der Waals surface area contributed by atoms with Crippen LogP contribution in [-0.4, -0.2) is 58.7 Å². The SMILES string of the molecule is CCc1nccn1CC(=O)N1CCC2(CC1)C[C@@H](N(C)c1ccccc1)CO2. The number of amides is 1. The Morgan fingerprint density at radius 1 is 1.29 bits per heavy atom. The molecule has 4 rings (SSSR count). The summed E-state index contributed by atoms with van der Waals surface area (Å²) in [5.41, 5.74) is 1.15. The zero-order valence-corrected chi connectivity index (χ0v) is 16.9. The predicted molar refractivity (Wildman–Crippen MR) is 109 cm³/mol. The molecule has 1 amide bonds. The number of rotatable bonds is 5. The molecule has 2 aliphatic heterocycles. The number of aryl methyl sites for hydroxylation is 1. The van der Waals surface area contributed by atoms with Crippen LogP contribution >= 0.6 is 0 Å². The summed E-state index contributed by atoms with van der Waals surface area (Å²) >= 11 is 0. The molecule has 150 valence electrons. The van der Waals surface area contributed by atoms with E-state index in [1.165, 1.54) is 5.69 Å². The van der Waals surface area contributed by atoms with Crippen LogP contribution in [0.25, 0.3) is 0 Å². The monoisotopic (exact) mass is 382 g/mol. The van der Waals surface area contributed by atoms with Crippen molar-refractivity contribution in [2.75, 3.05) is 31.6 Å². The molecule has 1 aromatic carbocycles. The first-order valence-electron chi connectivity index (χ1n) is 10.3. The predicted octanol–water partition coefficient (Wildman–Crippen LogP) is 2.73. The first kappa shape index (κ1) is 19.0. The number of likely N-dealkylation sites (tertiary alicyclic amines) is 1. The van der Waals surface area contributed by atoms with Gasteiger partial charge in [-0.05, 0) is 31.4 Å². The van der Waals surface area contributed by atoms with E-state index in [1.54, 1.807) is 6.20 Å². The standard InChI is InChI=1S/C22H30N4O2/c1-3-20-23-11-14-26(20)16-21(27)25-12-9-22(10-13-25)15-19(17-28-22)24(2)18-7-5-4-6-8-18/h4-8,11,14,19H,3,9-10,12-13,15-17H2,1-2H3/t19-/m1/s1. The maximum absolute atomic E-state index is 12.7. The van der Waals surface area contributed by atoms with Crippen LogP contribution in [0.15, 0.2) is 42.7 Å². The molecule has 2 aliphatic rings. The van der Waals surface area contributed by atoms with E-state index < -0.39 is 0 Å². The van der Waals surface area contributed by atoms with Gasteiger partial charge in [-0.2, -0.15) is 0 Å². The van der Waals surface area contributed by atoms with Crippen molar-refractivity contribution in [3.05, 3.63) is 48.5 Å². The fourth-order valence-corrected chi connectivity index (χ4v) is 4.50. The van der Waals surface area contributed by atoms with Crippen LogP contribution < -0.4 is 4.90 Å². The van der Waals surface area contributed by atoms with E-state index in [0.29, 0.717) is 12.6 Å². The lowest BCUT2D eigenvalue weighted by Crippen LogP contribution is -2.47. The van der Waals surface area contributed by atoms with Gasteiger partial charge in [0.05, 0.1) is 18.2 Å². The van der Waals surface area contributed by atoms with Gasteiger partial charge < -0.3 is 19.1 Å². The summed E-state index contributed by atoms with van der Waals surface area (Å²) in [6.07, 6.45) is 7.37. The highest BCUT2D eigenvalue weighted by molar-refractivity contribution is 5.76. The minimum absolute atomic E-state index is 0.0753. The lowest BCUT2D eigenvalue weighted by Gasteiger charge is -2.39. The molecule has 3 heterocycles. The lowest BCUT2D eigenvalue weighted by molar-refractivity contribution is -0.136. The number of carbonyl (C=O) groups is 1. The van der Waals surface area contributed by atoms with E-state index in [9.17, 15) is 4.79 Å². The Morgan fingerprint density at radius 3 is 2.75 bits per heavy atom. The fraction of sp³-hybridized carbons (Fsp3) is 0.545. The maximum Gasteiger partial charge on any atom is 0.242 e. The van der Waals surface area contributed by atoms with Crippen molar-refractivity contribution >= 4 is 11.6 Å². The third kappa shape index (κ3) is 3.78. The Bertz CT molecular complexity index is 796. The average Bonchev–Trinajstić information content (AvgIpc) is 3.35. The molecule has 1 spiro atoms. The molecular weight excluding hydrogens is 352 g/mol. The summed E-state index contributed by atoms with van der Waals surface area (Å²) in [5, 5.41) is 0. The molecule has 1 atom stereocenters. The highest BCUT2D eigenvalue weighted by atomic mass is 16.5. The minimum Gasteiger partial charge on any atom is -0.373 e. The molecule has 6 heteroatoms. The zero-order chi connectivity index (χ0) is 19.6. The number of para-hydroxylation sites is 1. The van der Waals surface area contributed by atoms with Gasteiger partial charge in [-0.25, -0.2) is 4.98 Å². The van der Waals surface area contributed by atoms with Crippen molar-refractivity contribution in [2.45, 2.75) is 50.8 Å². The number of ether oxygens (including phenoxy) is 1. The number of anilines is 1. The first-order chi connectivity index (χ1) is 13.6. The van der Waals surface area contributed by atoms with E-state index in [0.717, 1.165) is 51.2 Å². The van der Waals surface area contributed by atoms with Gasteiger partial charge in [-0.1, -0.05) is 25.1 Å². The molecule has 0 aliphatic carbocycles. The van der Waals surface area contributed by atoms with Gasteiger partial charge in [-0.15, -0.1) is 0 Å². The lowest BCUT2D eigenvalue weighted by atomic mass is 9.87. The molecule has 2 saturated heterocycles. The number of carbonyl (C=O) groups excluding carboxylic acids is 1.